The van der Waals surface area contributed by atoms with Gasteiger partial charge in [-0.05, 0) is 20.9 Å². The van der Waals surface area contributed by atoms with E-state index in [0.29, 0.717) is 0 Å². The molecule has 0 aliphatic carbocycles. The number of morpholine rings is 1. The normalized spacial score (nSPS) is 20.1. The topological polar surface area (TPSA) is 37.4 Å². The number of ether oxygens (including phenoxy) is 1. The number of rotatable bonds is 3. The van der Waals surface area contributed by atoms with E-state index in [0.717, 1.165) is 37.1 Å². The van der Waals surface area contributed by atoms with Crippen molar-refractivity contribution in [2.75, 3.05) is 31.7 Å². The van der Waals surface area contributed by atoms with Crippen LogP contribution >= 0.6 is 11.3 Å². The maximum Gasteiger partial charge on any atom is 0.186 e. The second-order valence-electron chi connectivity index (χ2n) is 4.67. The van der Waals surface area contributed by atoms with Crippen LogP contribution in [-0.2, 0) is 11.3 Å². The van der Waals surface area contributed by atoms with E-state index in [9.17, 15) is 0 Å². The lowest BCUT2D eigenvalue weighted by Gasteiger charge is -2.42. The molecule has 4 nitrogen and oxygen atoms in total. The first-order chi connectivity index (χ1) is 7.63. The fourth-order valence-electron chi connectivity index (χ4n) is 1.90. The number of nitrogens with zero attached hydrogens (tertiary/aromatic N) is 2. The number of aromatic nitrogens is 1. The van der Waals surface area contributed by atoms with Crippen LogP contribution in [0.5, 0.6) is 0 Å². The van der Waals surface area contributed by atoms with Crippen LogP contribution in [-0.4, -0.2) is 37.3 Å². The molecule has 0 unspecified atom stereocenters. The molecule has 0 amide bonds. The fourth-order valence-corrected chi connectivity index (χ4v) is 2.91. The minimum Gasteiger partial charge on any atom is -0.377 e. The molecular weight excluding hydrogens is 222 g/mol. The SMILES string of the molecule is CNCc1csc(N2CCOCC2(C)C)n1. The van der Waals surface area contributed by atoms with Gasteiger partial charge in [0.2, 0.25) is 0 Å². The zero-order valence-corrected chi connectivity index (χ0v) is 10.9. The smallest absolute Gasteiger partial charge is 0.186 e. The lowest BCUT2D eigenvalue weighted by Crippen LogP contribution is -2.53. The molecule has 0 radical (unpaired) electrons. The highest BCUT2D eigenvalue weighted by Crippen LogP contribution is 2.29. The van der Waals surface area contributed by atoms with Crippen molar-refractivity contribution in [1.29, 1.82) is 0 Å². The van der Waals surface area contributed by atoms with Gasteiger partial charge in [-0.25, -0.2) is 4.98 Å². The van der Waals surface area contributed by atoms with E-state index in [1.807, 2.05) is 7.05 Å². The first-order valence-corrected chi connectivity index (χ1v) is 6.46. The summed E-state index contributed by atoms with van der Waals surface area (Å²) < 4.78 is 5.51. The molecule has 1 aliphatic heterocycles. The largest absolute Gasteiger partial charge is 0.377 e. The number of nitrogens with one attached hydrogen (secondary N) is 1. The first kappa shape index (κ1) is 11.8. The molecule has 16 heavy (non-hydrogen) atoms. The minimum atomic E-state index is 0.0486. The average Bonchev–Trinajstić information content (AvgIpc) is 2.66. The Kier molecular flexibility index (Phi) is 3.47. The van der Waals surface area contributed by atoms with Gasteiger partial charge in [0.25, 0.3) is 0 Å². The lowest BCUT2D eigenvalue weighted by molar-refractivity contribution is 0.0643. The number of anilines is 1. The molecule has 0 bridgehead atoms. The van der Waals surface area contributed by atoms with E-state index < -0.39 is 0 Å². The molecule has 0 aromatic carbocycles. The van der Waals surface area contributed by atoms with E-state index in [-0.39, 0.29) is 5.54 Å². The molecule has 1 aliphatic rings. The van der Waals surface area contributed by atoms with Gasteiger partial charge >= 0.3 is 0 Å². The van der Waals surface area contributed by atoms with Gasteiger partial charge in [0.1, 0.15) is 0 Å². The summed E-state index contributed by atoms with van der Waals surface area (Å²) in [5, 5.41) is 6.35. The van der Waals surface area contributed by atoms with Gasteiger partial charge in [0.05, 0.1) is 24.4 Å². The van der Waals surface area contributed by atoms with Crippen LogP contribution in [0.2, 0.25) is 0 Å². The van der Waals surface area contributed by atoms with Crippen LogP contribution in [0.4, 0.5) is 5.13 Å². The van der Waals surface area contributed by atoms with E-state index in [2.05, 4.69) is 34.4 Å². The van der Waals surface area contributed by atoms with Crippen molar-refractivity contribution in [3.63, 3.8) is 0 Å². The summed E-state index contributed by atoms with van der Waals surface area (Å²) >= 11 is 1.72. The Morgan fingerprint density at radius 1 is 1.62 bits per heavy atom. The van der Waals surface area contributed by atoms with Crippen molar-refractivity contribution < 1.29 is 4.74 Å². The van der Waals surface area contributed by atoms with Crippen molar-refractivity contribution in [1.82, 2.24) is 10.3 Å². The molecule has 0 atom stereocenters. The molecule has 1 N–H and O–H groups in total. The number of hydrogen-bond donors (Lipinski definition) is 1. The predicted octanol–water partition coefficient (Wildman–Crippen LogP) is 1.48. The van der Waals surface area contributed by atoms with E-state index in [1.54, 1.807) is 11.3 Å². The summed E-state index contributed by atoms with van der Waals surface area (Å²) in [6.07, 6.45) is 0. The summed E-state index contributed by atoms with van der Waals surface area (Å²) in [5.74, 6) is 0. The van der Waals surface area contributed by atoms with Gasteiger partial charge in [-0.1, -0.05) is 0 Å². The molecular formula is C11H19N3OS. The second-order valence-corrected chi connectivity index (χ2v) is 5.50. The third kappa shape index (κ3) is 2.36. The van der Waals surface area contributed by atoms with Gasteiger partial charge in [-0.3, -0.25) is 0 Å². The Balaban J connectivity index is 2.15. The Labute approximate surface area is 101 Å². The van der Waals surface area contributed by atoms with Gasteiger partial charge in [-0.2, -0.15) is 0 Å². The number of hydrogen-bond acceptors (Lipinski definition) is 5. The highest BCUT2D eigenvalue weighted by Gasteiger charge is 2.32. The Morgan fingerprint density at radius 3 is 3.12 bits per heavy atom. The summed E-state index contributed by atoms with van der Waals surface area (Å²) in [7, 11) is 1.94. The van der Waals surface area contributed by atoms with Crippen molar-refractivity contribution in [3.8, 4) is 0 Å². The van der Waals surface area contributed by atoms with E-state index in [1.165, 1.54) is 0 Å². The van der Waals surface area contributed by atoms with Gasteiger partial charge in [-0.15, -0.1) is 11.3 Å². The van der Waals surface area contributed by atoms with Crippen molar-refractivity contribution in [2.45, 2.75) is 25.9 Å². The van der Waals surface area contributed by atoms with Crippen molar-refractivity contribution in [3.05, 3.63) is 11.1 Å². The Morgan fingerprint density at radius 2 is 2.44 bits per heavy atom. The zero-order valence-electron chi connectivity index (χ0n) is 10.1. The molecule has 1 aromatic rings. The molecule has 1 fully saturated rings. The molecule has 2 heterocycles. The molecule has 90 valence electrons. The van der Waals surface area contributed by atoms with Crippen LogP contribution < -0.4 is 10.2 Å². The average molecular weight is 241 g/mol. The molecule has 0 saturated carbocycles. The lowest BCUT2D eigenvalue weighted by atomic mass is 10.0. The summed E-state index contributed by atoms with van der Waals surface area (Å²) in [5.41, 5.74) is 1.16. The van der Waals surface area contributed by atoms with Crippen LogP contribution in [0.3, 0.4) is 0 Å². The van der Waals surface area contributed by atoms with Gasteiger partial charge in [0, 0.05) is 18.5 Å². The van der Waals surface area contributed by atoms with Crippen LogP contribution in [0.25, 0.3) is 0 Å². The Bertz CT molecular complexity index is 351. The summed E-state index contributed by atoms with van der Waals surface area (Å²) in [4.78, 5) is 6.99. The molecule has 5 heteroatoms. The van der Waals surface area contributed by atoms with Gasteiger partial charge in [0.15, 0.2) is 5.13 Å². The highest BCUT2D eigenvalue weighted by molar-refractivity contribution is 7.13. The zero-order chi connectivity index (χ0) is 11.6. The van der Waals surface area contributed by atoms with E-state index >= 15 is 0 Å². The molecule has 2 rings (SSSR count). The first-order valence-electron chi connectivity index (χ1n) is 5.58. The fraction of sp³-hybridized carbons (Fsp3) is 0.727. The third-order valence-corrected chi connectivity index (χ3v) is 3.69. The molecule has 0 spiro atoms. The van der Waals surface area contributed by atoms with Crippen LogP contribution in [0, 0.1) is 0 Å². The maximum atomic E-state index is 5.51. The standard InChI is InChI=1S/C11H19N3OS/c1-11(2)8-15-5-4-14(11)10-13-9(6-12-3)7-16-10/h7,12H,4-6,8H2,1-3H3. The maximum absolute atomic E-state index is 5.51. The van der Waals surface area contributed by atoms with Crippen LogP contribution in [0.15, 0.2) is 5.38 Å². The predicted molar refractivity (Wildman–Crippen MR) is 67.1 cm³/mol. The quantitative estimate of drug-likeness (QED) is 0.870. The van der Waals surface area contributed by atoms with E-state index in [4.69, 9.17) is 4.74 Å². The summed E-state index contributed by atoms with van der Waals surface area (Å²) in [6.45, 7) is 7.73. The van der Waals surface area contributed by atoms with Crippen molar-refractivity contribution >= 4 is 16.5 Å². The highest BCUT2D eigenvalue weighted by atomic mass is 32.1. The van der Waals surface area contributed by atoms with Crippen LogP contribution in [0.1, 0.15) is 19.5 Å². The summed E-state index contributed by atoms with van der Waals surface area (Å²) in [6, 6.07) is 0. The Hall–Kier alpha value is -0.650. The molecule has 1 aromatic heterocycles. The van der Waals surface area contributed by atoms with Gasteiger partial charge < -0.3 is 15.0 Å². The second kappa shape index (κ2) is 4.69. The molecule has 1 saturated heterocycles. The monoisotopic (exact) mass is 241 g/mol. The minimum absolute atomic E-state index is 0.0486. The number of thiazole rings is 1. The third-order valence-electron chi connectivity index (χ3n) is 2.77. The van der Waals surface area contributed by atoms with Crippen molar-refractivity contribution in [2.24, 2.45) is 0 Å².